The van der Waals surface area contributed by atoms with Crippen LogP contribution in [0.2, 0.25) is 10.0 Å². The van der Waals surface area contributed by atoms with Crippen LogP contribution >= 0.6 is 23.2 Å². The summed E-state index contributed by atoms with van der Waals surface area (Å²) in [6, 6.07) is 19.0. The average Bonchev–Trinajstić information content (AvgIpc) is 3.06. The molecule has 1 saturated heterocycles. The summed E-state index contributed by atoms with van der Waals surface area (Å²) >= 11 is 13.2. The van der Waals surface area contributed by atoms with Gasteiger partial charge in [0.05, 0.1) is 17.3 Å². The van der Waals surface area contributed by atoms with Crippen LogP contribution in [-0.2, 0) is 11.4 Å². The van der Waals surface area contributed by atoms with Crippen molar-refractivity contribution in [3.63, 3.8) is 0 Å². The number of urea groups is 1. The van der Waals surface area contributed by atoms with Crippen LogP contribution in [0.4, 0.5) is 16.2 Å². The number of para-hydroxylation sites is 1. The molecule has 3 aromatic carbocycles. The number of carbonyl (C=O) groups is 3. The predicted molar refractivity (Wildman–Crippen MR) is 182 cm³/mol. The Balaban J connectivity index is 1.18. The minimum Gasteiger partial charge on any atom is -0.487 e. The lowest BCUT2D eigenvalue weighted by Crippen LogP contribution is -2.48. The topological polar surface area (TPSA) is 107 Å². The van der Waals surface area contributed by atoms with Crippen molar-refractivity contribution < 1.29 is 19.1 Å². The number of anilines is 2. The van der Waals surface area contributed by atoms with Crippen molar-refractivity contribution in [2.75, 3.05) is 56.5 Å². The maximum atomic E-state index is 13.1. The smallest absolute Gasteiger partial charge is 0.319 e. The van der Waals surface area contributed by atoms with Crippen molar-refractivity contribution in [2.45, 2.75) is 20.5 Å². The Morgan fingerprint density at radius 3 is 2.50 bits per heavy atom. The highest BCUT2D eigenvalue weighted by molar-refractivity contribution is 6.38. The third-order valence-electron chi connectivity index (χ3n) is 7.97. The van der Waals surface area contributed by atoms with E-state index < -0.39 is 11.9 Å². The number of ether oxygens (including phenoxy) is 1. The molecule has 1 aromatic heterocycles. The number of hydrogen-bond acceptors (Lipinski definition) is 6. The quantitative estimate of drug-likeness (QED) is 0.228. The van der Waals surface area contributed by atoms with Crippen LogP contribution in [0.1, 0.15) is 28.5 Å². The van der Waals surface area contributed by atoms with Gasteiger partial charge in [0.15, 0.2) is 0 Å². The molecule has 0 atom stereocenters. The maximum Gasteiger partial charge on any atom is 0.319 e. The van der Waals surface area contributed by atoms with Gasteiger partial charge in [-0.05, 0) is 55.9 Å². The van der Waals surface area contributed by atoms with Crippen LogP contribution in [0, 0.1) is 6.92 Å². The summed E-state index contributed by atoms with van der Waals surface area (Å²) < 4.78 is 6.09. The molecule has 1 fully saturated rings. The van der Waals surface area contributed by atoms with E-state index in [2.05, 4.69) is 27.4 Å². The van der Waals surface area contributed by atoms with Crippen LogP contribution in [0.25, 0.3) is 10.9 Å². The van der Waals surface area contributed by atoms with Gasteiger partial charge in [-0.1, -0.05) is 54.4 Å². The Labute approximate surface area is 278 Å². The monoisotopic (exact) mass is 662 g/mol. The van der Waals surface area contributed by atoms with Crippen molar-refractivity contribution >= 4 is 63.3 Å². The van der Waals surface area contributed by atoms with Crippen molar-refractivity contribution in [2.24, 2.45) is 0 Å². The third kappa shape index (κ3) is 7.70. The summed E-state index contributed by atoms with van der Waals surface area (Å²) in [6.07, 6.45) is 0. The lowest BCUT2D eigenvalue weighted by atomic mass is 10.1. The predicted octanol–water partition coefficient (Wildman–Crippen LogP) is 5.99. The zero-order valence-corrected chi connectivity index (χ0v) is 27.5. The molecule has 2 heterocycles. The number of nitrogens with zero attached hydrogens (tertiary/aromatic N) is 4. The zero-order valence-electron chi connectivity index (χ0n) is 26.0. The van der Waals surface area contributed by atoms with E-state index in [1.165, 1.54) is 4.90 Å². The fraction of sp³-hybridized carbons (Fsp3) is 0.294. The van der Waals surface area contributed by atoms with Crippen LogP contribution in [-0.4, -0.2) is 78.9 Å². The maximum absolute atomic E-state index is 13.1. The van der Waals surface area contributed by atoms with E-state index in [0.29, 0.717) is 46.4 Å². The number of rotatable bonds is 9. The number of nitrogens with one attached hydrogen (secondary N) is 2. The van der Waals surface area contributed by atoms with Gasteiger partial charge in [-0.25, -0.2) is 9.78 Å². The summed E-state index contributed by atoms with van der Waals surface area (Å²) in [4.78, 5) is 48.8. The van der Waals surface area contributed by atoms with Gasteiger partial charge in [0.25, 0.3) is 5.91 Å². The van der Waals surface area contributed by atoms with Crippen LogP contribution < -0.4 is 20.3 Å². The number of pyridine rings is 1. The molecule has 46 heavy (non-hydrogen) atoms. The first kappa shape index (κ1) is 33.0. The van der Waals surface area contributed by atoms with Crippen molar-refractivity contribution in [3.8, 4) is 5.75 Å². The fourth-order valence-corrected chi connectivity index (χ4v) is 5.83. The second-order valence-electron chi connectivity index (χ2n) is 11.0. The Morgan fingerprint density at radius 1 is 0.978 bits per heavy atom. The number of hydrogen-bond donors (Lipinski definition) is 2. The highest BCUT2D eigenvalue weighted by atomic mass is 35.5. The summed E-state index contributed by atoms with van der Waals surface area (Å²) in [5.74, 6) is 0.100. The van der Waals surface area contributed by atoms with E-state index in [1.807, 2.05) is 42.2 Å². The van der Waals surface area contributed by atoms with E-state index in [-0.39, 0.29) is 24.1 Å². The van der Waals surface area contributed by atoms with Crippen molar-refractivity contribution in [1.29, 1.82) is 0 Å². The summed E-state index contributed by atoms with van der Waals surface area (Å²) in [5.41, 5.74) is 3.45. The Kier molecular flexibility index (Phi) is 10.6. The molecule has 5 rings (SSSR count). The van der Waals surface area contributed by atoms with Gasteiger partial charge in [0, 0.05) is 66.1 Å². The van der Waals surface area contributed by atoms with E-state index in [0.717, 1.165) is 36.2 Å². The standard InChI is InChI=1S/C34H36Cl2N6O4/c1-4-41-15-17-42(18-16-41)33(44)24-8-5-9-25(19-24)39-34(45)37-20-30(43)40(3)28-14-13-27(35)26(31(28)36)21-46-29-10-6-7-23-12-11-22(2)38-32(23)29/h5-14,19H,4,15-18,20-21H2,1-3H3,(H2,37,39,45). The first-order valence-corrected chi connectivity index (χ1v) is 15.8. The molecule has 0 radical (unpaired) electrons. The second kappa shape index (κ2) is 14.8. The van der Waals surface area contributed by atoms with Crippen LogP contribution in [0.3, 0.4) is 0 Å². The normalized spacial score (nSPS) is 13.4. The van der Waals surface area contributed by atoms with E-state index >= 15 is 0 Å². The number of fused-ring (bicyclic) bond motifs is 1. The van der Waals surface area contributed by atoms with E-state index in [1.54, 1.807) is 43.4 Å². The SMILES string of the molecule is CCN1CCN(C(=O)c2cccc(NC(=O)NCC(=O)N(C)c3ccc(Cl)c(COc4cccc5ccc(C)nc45)c3Cl)c2)CC1. The minimum atomic E-state index is -0.585. The average molecular weight is 664 g/mol. The van der Waals surface area contributed by atoms with Gasteiger partial charge < -0.3 is 30.1 Å². The van der Waals surface area contributed by atoms with Crippen molar-refractivity contribution in [3.05, 3.63) is 93.6 Å². The van der Waals surface area contributed by atoms with Crippen LogP contribution in [0.5, 0.6) is 5.75 Å². The molecule has 0 spiro atoms. The molecule has 2 N–H and O–H groups in total. The lowest BCUT2D eigenvalue weighted by molar-refractivity contribution is -0.117. The number of likely N-dealkylation sites (N-methyl/N-ethyl adjacent to an activating group) is 2. The summed E-state index contributed by atoms with van der Waals surface area (Å²) in [7, 11) is 1.56. The van der Waals surface area contributed by atoms with Gasteiger partial charge >= 0.3 is 6.03 Å². The van der Waals surface area contributed by atoms with Gasteiger partial charge in [0.2, 0.25) is 5.91 Å². The van der Waals surface area contributed by atoms with Gasteiger partial charge in [-0.15, -0.1) is 0 Å². The molecule has 4 amide bonds. The molecular formula is C34H36Cl2N6O4. The molecular weight excluding hydrogens is 627 g/mol. The molecule has 240 valence electrons. The van der Waals surface area contributed by atoms with Crippen molar-refractivity contribution in [1.82, 2.24) is 20.1 Å². The van der Waals surface area contributed by atoms with Crippen LogP contribution in [0.15, 0.2) is 66.7 Å². The molecule has 0 saturated carbocycles. The summed E-state index contributed by atoms with van der Waals surface area (Å²) in [6.45, 7) is 7.73. The van der Waals surface area contributed by atoms with Gasteiger partial charge in [0.1, 0.15) is 17.9 Å². The molecule has 4 aromatic rings. The number of aryl methyl sites for hydroxylation is 1. The third-order valence-corrected chi connectivity index (χ3v) is 8.75. The highest BCUT2D eigenvalue weighted by Gasteiger charge is 2.22. The van der Waals surface area contributed by atoms with E-state index in [9.17, 15) is 14.4 Å². The largest absolute Gasteiger partial charge is 0.487 e. The highest BCUT2D eigenvalue weighted by Crippen LogP contribution is 2.35. The summed E-state index contributed by atoms with van der Waals surface area (Å²) in [5, 5.41) is 6.87. The van der Waals surface area contributed by atoms with Gasteiger partial charge in [-0.3, -0.25) is 9.59 Å². The minimum absolute atomic E-state index is 0.0550. The molecule has 1 aliphatic heterocycles. The number of aromatic nitrogens is 1. The Bertz CT molecular complexity index is 1760. The molecule has 10 nitrogen and oxygen atoms in total. The Morgan fingerprint density at radius 2 is 1.74 bits per heavy atom. The van der Waals surface area contributed by atoms with E-state index in [4.69, 9.17) is 27.9 Å². The molecule has 0 unspecified atom stereocenters. The number of piperazine rings is 1. The number of amides is 4. The lowest BCUT2D eigenvalue weighted by Gasteiger charge is -2.34. The van der Waals surface area contributed by atoms with Gasteiger partial charge in [-0.2, -0.15) is 0 Å². The fourth-order valence-electron chi connectivity index (χ4n) is 5.22. The molecule has 0 bridgehead atoms. The second-order valence-corrected chi connectivity index (χ2v) is 11.8. The first-order chi connectivity index (χ1) is 22.1. The first-order valence-electron chi connectivity index (χ1n) is 15.0. The number of halogens is 2. The molecule has 12 heteroatoms. The molecule has 1 aliphatic rings. The Hall–Kier alpha value is -4.38. The number of benzene rings is 3. The zero-order chi connectivity index (χ0) is 32.8. The number of carbonyl (C=O) groups excluding carboxylic acids is 3. The molecule has 0 aliphatic carbocycles.